The Morgan fingerprint density at radius 3 is 2.53 bits per heavy atom. The van der Waals surface area contributed by atoms with Gasteiger partial charge in [0.05, 0.1) is 6.04 Å². The number of rotatable bonds is 3. The Balaban J connectivity index is 3.08. The zero-order valence-corrected chi connectivity index (χ0v) is 13.1. The van der Waals surface area contributed by atoms with Crippen molar-refractivity contribution in [1.29, 1.82) is 0 Å². The van der Waals surface area contributed by atoms with Gasteiger partial charge in [0.25, 0.3) is 0 Å². The van der Waals surface area contributed by atoms with Gasteiger partial charge in [0.1, 0.15) is 11.9 Å². The number of anilines is 1. The van der Waals surface area contributed by atoms with Gasteiger partial charge in [-0.1, -0.05) is 22.0 Å². The first-order valence-electron chi connectivity index (χ1n) is 5.97. The van der Waals surface area contributed by atoms with Crippen LogP contribution < -0.4 is 4.90 Å². The van der Waals surface area contributed by atoms with Crippen molar-refractivity contribution in [2.24, 2.45) is 0 Å². The van der Waals surface area contributed by atoms with Crippen LogP contribution in [-0.4, -0.2) is 24.0 Å². The van der Waals surface area contributed by atoms with E-state index >= 15 is 0 Å². The highest BCUT2D eigenvalue weighted by Crippen LogP contribution is 2.23. The average molecular weight is 328 g/mol. The molecule has 104 valence electrons. The molecule has 4 nitrogen and oxygen atoms in total. The molecule has 1 atom stereocenters. The lowest BCUT2D eigenvalue weighted by Crippen LogP contribution is -2.43. The molecule has 0 saturated carbocycles. The third-order valence-electron chi connectivity index (χ3n) is 2.28. The lowest BCUT2D eigenvalue weighted by Gasteiger charge is -2.29. The molecule has 0 aliphatic rings. The summed E-state index contributed by atoms with van der Waals surface area (Å²) in [5.74, 6) is 0. The number of ether oxygens (including phenoxy) is 1. The number of amides is 1. The van der Waals surface area contributed by atoms with Gasteiger partial charge in [-0.25, -0.2) is 4.79 Å². The lowest BCUT2D eigenvalue weighted by atomic mass is 10.2. The van der Waals surface area contributed by atoms with Crippen molar-refractivity contribution in [3.8, 4) is 0 Å². The van der Waals surface area contributed by atoms with Crippen LogP contribution in [0.15, 0.2) is 28.7 Å². The first-order valence-corrected chi connectivity index (χ1v) is 6.77. The third kappa shape index (κ3) is 4.67. The molecular weight excluding hydrogens is 310 g/mol. The van der Waals surface area contributed by atoms with Crippen LogP contribution >= 0.6 is 15.9 Å². The summed E-state index contributed by atoms with van der Waals surface area (Å²) in [6.45, 7) is 7.01. The van der Waals surface area contributed by atoms with Gasteiger partial charge in [-0.05, 0) is 45.9 Å². The van der Waals surface area contributed by atoms with E-state index in [9.17, 15) is 9.59 Å². The van der Waals surface area contributed by atoms with Crippen LogP contribution in [0.1, 0.15) is 27.7 Å². The Bertz CT molecular complexity index is 468. The molecule has 1 aromatic rings. The zero-order chi connectivity index (χ0) is 14.6. The van der Waals surface area contributed by atoms with E-state index < -0.39 is 17.7 Å². The predicted octanol–water partition coefficient (Wildman–Crippen LogP) is 3.78. The van der Waals surface area contributed by atoms with Gasteiger partial charge in [0.2, 0.25) is 0 Å². The second-order valence-electron chi connectivity index (χ2n) is 5.21. The molecule has 0 spiro atoms. The van der Waals surface area contributed by atoms with Crippen molar-refractivity contribution in [3.05, 3.63) is 28.7 Å². The summed E-state index contributed by atoms with van der Waals surface area (Å²) in [5.41, 5.74) is 0.00690. The highest BCUT2D eigenvalue weighted by Gasteiger charge is 2.27. The highest BCUT2D eigenvalue weighted by atomic mass is 79.9. The number of benzene rings is 1. The maximum atomic E-state index is 12.2. The molecule has 1 amide bonds. The van der Waals surface area contributed by atoms with Gasteiger partial charge in [-0.2, -0.15) is 0 Å². The Morgan fingerprint density at radius 1 is 1.42 bits per heavy atom. The molecule has 5 heteroatoms. The van der Waals surface area contributed by atoms with E-state index in [1.807, 2.05) is 6.07 Å². The van der Waals surface area contributed by atoms with E-state index in [4.69, 9.17) is 4.74 Å². The molecule has 0 fully saturated rings. The van der Waals surface area contributed by atoms with E-state index in [0.717, 1.165) is 4.47 Å². The molecule has 0 aliphatic carbocycles. The molecule has 0 saturated heterocycles. The maximum Gasteiger partial charge on any atom is 0.415 e. The largest absolute Gasteiger partial charge is 0.443 e. The Morgan fingerprint density at radius 2 is 2.05 bits per heavy atom. The van der Waals surface area contributed by atoms with Gasteiger partial charge in [-0.3, -0.25) is 4.90 Å². The lowest BCUT2D eigenvalue weighted by molar-refractivity contribution is -0.108. The fraction of sp³-hybridized carbons (Fsp3) is 0.429. The van der Waals surface area contributed by atoms with Gasteiger partial charge in [0.15, 0.2) is 0 Å². The zero-order valence-electron chi connectivity index (χ0n) is 11.5. The molecule has 0 aliphatic heterocycles. The second kappa shape index (κ2) is 6.19. The molecule has 19 heavy (non-hydrogen) atoms. The van der Waals surface area contributed by atoms with Crippen LogP contribution in [0.4, 0.5) is 10.5 Å². The standard InChI is InChI=1S/C14H18BrNO3/c1-10(9-17)16(13(18)19-14(2,3)4)12-7-5-6-11(15)8-12/h5-10H,1-4H3. The third-order valence-corrected chi connectivity index (χ3v) is 2.77. The molecule has 0 radical (unpaired) electrons. The van der Waals surface area contributed by atoms with E-state index in [1.54, 1.807) is 45.9 Å². The van der Waals surface area contributed by atoms with Crippen molar-refractivity contribution in [1.82, 2.24) is 0 Å². The van der Waals surface area contributed by atoms with Crippen molar-refractivity contribution >= 4 is 34.0 Å². The number of hydrogen-bond acceptors (Lipinski definition) is 3. The summed E-state index contributed by atoms with van der Waals surface area (Å²) in [5, 5.41) is 0. The average Bonchev–Trinajstić information content (AvgIpc) is 2.26. The summed E-state index contributed by atoms with van der Waals surface area (Å²) in [7, 11) is 0. The van der Waals surface area contributed by atoms with Crippen molar-refractivity contribution < 1.29 is 14.3 Å². The summed E-state index contributed by atoms with van der Waals surface area (Å²) < 4.78 is 6.16. The van der Waals surface area contributed by atoms with Crippen LogP contribution in [0.25, 0.3) is 0 Å². The Hall–Kier alpha value is -1.36. The summed E-state index contributed by atoms with van der Waals surface area (Å²) in [6.07, 6.45) is 0.176. The predicted molar refractivity (Wildman–Crippen MR) is 78.4 cm³/mol. The quantitative estimate of drug-likeness (QED) is 0.794. The minimum atomic E-state index is -0.607. The van der Waals surface area contributed by atoms with E-state index in [2.05, 4.69) is 15.9 Å². The molecule has 0 heterocycles. The number of halogens is 1. The number of hydrogen-bond donors (Lipinski definition) is 0. The fourth-order valence-corrected chi connectivity index (χ4v) is 1.89. The number of carbonyl (C=O) groups excluding carboxylic acids is 2. The van der Waals surface area contributed by atoms with Crippen LogP contribution in [0.5, 0.6) is 0 Å². The monoisotopic (exact) mass is 327 g/mol. The minimum Gasteiger partial charge on any atom is -0.443 e. The number of nitrogens with zero attached hydrogens (tertiary/aromatic N) is 1. The van der Waals surface area contributed by atoms with E-state index in [1.165, 1.54) is 4.90 Å². The van der Waals surface area contributed by atoms with Crippen LogP contribution in [0.2, 0.25) is 0 Å². The van der Waals surface area contributed by atoms with Crippen LogP contribution in [0.3, 0.4) is 0 Å². The minimum absolute atomic E-state index is 0.537. The van der Waals surface area contributed by atoms with Gasteiger partial charge < -0.3 is 9.53 Å². The number of aldehydes is 1. The second-order valence-corrected chi connectivity index (χ2v) is 6.12. The maximum absolute atomic E-state index is 12.2. The topological polar surface area (TPSA) is 46.6 Å². The molecule has 1 aromatic carbocycles. The van der Waals surface area contributed by atoms with Gasteiger partial charge in [-0.15, -0.1) is 0 Å². The van der Waals surface area contributed by atoms with E-state index in [0.29, 0.717) is 12.0 Å². The fourth-order valence-electron chi connectivity index (χ4n) is 1.50. The number of carbonyl (C=O) groups is 2. The van der Waals surface area contributed by atoms with Crippen molar-refractivity contribution in [2.75, 3.05) is 4.90 Å². The molecule has 0 aromatic heterocycles. The van der Waals surface area contributed by atoms with Crippen molar-refractivity contribution in [3.63, 3.8) is 0 Å². The smallest absolute Gasteiger partial charge is 0.415 e. The SMILES string of the molecule is CC(C=O)N(C(=O)OC(C)(C)C)c1cccc(Br)c1. The van der Waals surface area contributed by atoms with Crippen LogP contribution in [-0.2, 0) is 9.53 Å². The normalized spacial score (nSPS) is 12.7. The van der Waals surface area contributed by atoms with Gasteiger partial charge >= 0.3 is 6.09 Å². The summed E-state index contributed by atoms with van der Waals surface area (Å²) >= 11 is 3.34. The Kier molecular flexibility index (Phi) is 5.11. The molecule has 0 bridgehead atoms. The first-order chi connectivity index (χ1) is 8.74. The van der Waals surface area contributed by atoms with Gasteiger partial charge in [0, 0.05) is 10.2 Å². The Labute approximate surface area is 121 Å². The first kappa shape index (κ1) is 15.7. The van der Waals surface area contributed by atoms with Crippen LogP contribution in [0, 0.1) is 0 Å². The molecule has 1 rings (SSSR count). The van der Waals surface area contributed by atoms with Crippen molar-refractivity contribution in [2.45, 2.75) is 39.3 Å². The summed E-state index contributed by atoms with van der Waals surface area (Å²) in [4.78, 5) is 24.6. The highest BCUT2D eigenvalue weighted by molar-refractivity contribution is 9.10. The summed E-state index contributed by atoms with van der Waals surface area (Å²) in [6, 6.07) is 6.58. The molecule has 1 unspecified atom stereocenters. The molecule has 0 N–H and O–H groups in total. The molecular formula is C14H18BrNO3. The van der Waals surface area contributed by atoms with E-state index in [-0.39, 0.29) is 0 Å².